The van der Waals surface area contributed by atoms with E-state index in [-0.39, 0.29) is 18.3 Å². The van der Waals surface area contributed by atoms with Crippen molar-refractivity contribution in [3.63, 3.8) is 0 Å². The van der Waals surface area contributed by atoms with E-state index < -0.39 is 0 Å². The average Bonchev–Trinajstić information content (AvgIpc) is 3.13. The van der Waals surface area contributed by atoms with Gasteiger partial charge >= 0.3 is 0 Å². The van der Waals surface area contributed by atoms with Gasteiger partial charge in [0, 0.05) is 26.2 Å². The van der Waals surface area contributed by atoms with Crippen LogP contribution in [-0.4, -0.2) is 61.1 Å². The summed E-state index contributed by atoms with van der Waals surface area (Å²) in [5.41, 5.74) is 1.86. The van der Waals surface area contributed by atoms with Gasteiger partial charge in [0.2, 0.25) is 0 Å². The molecule has 2 aromatic rings. The van der Waals surface area contributed by atoms with Crippen molar-refractivity contribution in [2.24, 2.45) is 0 Å². The van der Waals surface area contributed by atoms with E-state index in [0.717, 1.165) is 55.3 Å². The number of morpholine rings is 1. The van der Waals surface area contributed by atoms with Crippen molar-refractivity contribution >= 4 is 22.7 Å². The fourth-order valence-corrected chi connectivity index (χ4v) is 4.02. The lowest BCUT2D eigenvalue weighted by Crippen LogP contribution is -2.46. The summed E-state index contributed by atoms with van der Waals surface area (Å²) in [5, 5.41) is 0. The molecule has 0 saturated carbocycles. The van der Waals surface area contributed by atoms with E-state index in [4.69, 9.17) is 19.4 Å². The number of hydrogen-bond donors (Lipinski definition) is 0. The summed E-state index contributed by atoms with van der Waals surface area (Å²) in [6.07, 6.45) is 3.37. The highest BCUT2D eigenvalue weighted by atomic mass is 16.5. The Bertz CT molecular complexity index is 802. The number of benzene rings is 1. The third-order valence-corrected chi connectivity index (χ3v) is 5.15. The lowest BCUT2D eigenvalue weighted by molar-refractivity contribution is -0.00543. The molecular formula is C21H28N4O2. The zero-order valence-electron chi connectivity index (χ0n) is 16.2. The molecule has 0 spiro atoms. The zero-order chi connectivity index (χ0) is 18.8. The maximum absolute atomic E-state index is 5.92. The molecule has 6 nitrogen and oxygen atoms in total. The first-order chi connectivity index (χ1) is 13.1. The van der Waals surface area contributed by atoms with Gasteiger partial charge in [0.15, 0.2) is 11.6 Å². The summed E-state index contributed by atoms with van der Waals surface area (Å²) in [6.45, 7) is 12.0. The molecule has 2 aliphatic rings. The van der Waals surface area contributed by atoms with Gasteiger partial charge in [-0.05, 0) is 32.4 Å². The Morgan fingerprint density at radius 2 is 1.70 bits per heavy atom. The van der Waals surface area contributed by atoms with Crippen LogP contribution in [0.4, 0.5) is 11.6 Å². The Morgan fingerprint density at radius 1 is 1.07 bits per heavy atom. The van der Waals surface area contributed by atoms with Crippen LogP contribution in [-0.2, 0) is 9.47 Å². The van der Waals surface area contributed by atoms with E-state index in [0.29, 0.717) is 6.61 Å². The van der Waals surface area contributed by atoms with Crippen molar-refractivity contribution in [3.8, 4) is 0 Å². The van der Waals surface area contributed by atoms with Crippen molar-refractivity contribution in [3.05, 3.63) is 36.9 Å². The van der Waals surface area contributed by atoms with E-state index in [2.05, 4.69) is 30.2 Å². The van der Waals surface area contributed by atoms with E-state index in [1.165, 1.54) is 0 Å². The Balaban J connectivity index is 1.68. The van der Waals surface area contributed by atoms with Crippen LogP contribution in [0.15, 0.2) is 36.9 Å². The predicted molar refractivity (Wildman–Crippen MR) is 109 cm³/mol. The van der Waals surface area contributed by atoms with Crippen LogP contribution in [0, 0.1) is 0 Å². The smallest absolute Gasteiger partial charge is 0.172 e. The number of fused-ring (bicyclic) bond motifs is 1. The van der Waals surface area contributed by atoms with E-state index in [1.54, 1.807) is 6.08 Å². The summed E-state index contributed by atoms with van der Waals surface area (Å²) in [5.74, 6) is 1.92. The number of nitrogens with zero attached hydrogens (tertiary/aromatic N) is 4. The molecule has 2 aliphatic heterocycles. The average molecular weight is 368 g/mol. The molecule has 27 heavy (non-hydrogen) atoms. The van der Waals surface area contributed by atoms with Gasteiger partial charge in [0.25, 0.3) is 0 Å². The molecule has 2 saturated heterocycles. The molecule has 3 atom stereocenters. The molecule has 0 radical (unpaired) electrons. The highest BCUT2D eigenvalue weighted by Crippen LogP contribution is 2.32. The molecule has 1 aromatic carbocycles. The largest absolute Gasteiger partial charge is 0.372 e. The Morgan fingerprint density at radius 3 is 2.33 bits per heavy atom. The minimum absolute atomic E-state index is 0.178. The molecule has 0 N–H and O–H groups in total. The van der Waals surface area contributed by atoms with Gasteiger partial charge < -0.3 is 19.3 Å². The SMILES string of the molecule is C=CCOC1CCN(c2nc3ccccc3nc2N2CC(C)OC(C)C2)C1. The highest BCUT2D eigenvalue weighted by molar-refractivity contribution is 5.81. The van der Waals surface area contributed by atoms with Crippen molar-refractivity contribution in [2.45, 2.75) is 38.6 Å². The van der Waals surface area contributed by atoms with Crippen LogP contribution in [0.1, 0.15) is 20.3 Å². The first-order valence-electron chi connectivity index (χ1n) is 9.78. The molecule has 0 aliphatic carbocycles. The van der Waals surface area contributed by atoms with Crippen molar-refractivity contribution < 1.29 is 9.47 Å². The molecule has 0 bridgehead atoms. The first-order valence-corrected chi connectivity index (χ1v) is 9.78. The molecule has 3 unspecified atom stereocenters. The summed E-state index contributed by atoms with van der Waals surface area (Å²) >= 11 is 0. The van der Waals surface area contributed by atoms with Crippen molar-refractivity contribution in [1.29, 1.82) is 0 Å². The monoisotopic (exact) mass is 368 g/mol. The number of aromatic nitrogens is 2. The molecule has 6 heteroatoms. The van der Waals surface area contributed by atoms with Gasteiger partial charge in [-0.25, -0.2) is 9.97 Å². The van der Waals surface area contributed by atoms with Gasteiger partial charge in [-0.2, -0.15) is 0 Å². The predicted octanol–water partition coefficient (Wildman–Crippen LogP) is 3.02. The third-order valence-electron chi connectivity index (χ3n) is 5.15. The molecule has 2 fully saturated rings. The lowest BCUT2D eigenvalue weighted by Gasteiger charge is -2.37. The number of anilines is 2. The normalized spacial score (nSPS) is 25.9. The van der Waals surface area contributed by atoms with E-state index in [1.807, 2.05) is 24.3 Å². The second kappa shape index (κ2) is 7.82. The molecule has 0 amide bonds. The van der Waals surface area contributed by atoms with Crippen molar-refractivity contribution in [2.75, 3.05) is 42.6 Å². The topological polar surface area (TPSA) is 50.7 Å². The zero-order valence-corrected chi connectivity index (χ0v) is 16.2. The van der Waals surface area contributed by atoms with Crippen LogP contribution in [0.5, 0.6) is 0 Å². The summed E-state index contributed by atoms with van der Waals surface area (Å²) < 4.78 is 11.8. The molecule has 4 rings (SSSR count). The third kappa shape index (κ3) is 3.92. The van der Waals surface area contributed by atoms with Crippen LogP contribution in [0.2, 0.25) is 0 Å². The van der Waals surface area contributed by atoms with Crippen molar-refractivity contribution in [1.82, 2.24) is 9.97 Å². The Labute approximate surface area is 160 Å². The molecule has 144 valence electrons. The molecule has 3 heterocycles. The first kappa shape index (κ1) is 18.2. The van der Waals surface area contributed by atoms with Crippen LogP contribution < -0.4 is 9.80 Å². The number of ether oxygens (including phenoxy) is 2. The standard InChI is InChI=1S/C21H28N4O2/c1-4-11-26-17-9-10-24(14-17)20-21(25-12-15(2)27-16(3)13-25)23-19-8-6-5-7-18(19)22-20/h4-8,15-17H,1,9-14H2,2-3H3. The summed E-state index contributed by atoms with van der Waals surface area (Å²) in [4.78, 5) is 14.6. The maximum atomic E-state index is 5.92. The number of rotatable bonds is 5. The van der Waals surface area contributed by atoms with Crippen LogP contribution >= 0.6 is 0 Å². The number of para-hydroxylation sites is 2. The lowest BCUT2D eigenvalue weighted by atomic mass is 10.2. The second-order valence-electron chi connectivity index (χ2n) is 7.50. The van der Waals surface area contributed by atoms with Gasteiger partial charge in [0.1, 0.15) is 0 Å². The summed E-state index contributed by atoms with van der Waals surface area (Å²) in [7, 11) is 0. The Hall–Kier alpha value is -2.18. The highest BCUT2D eigenvalue weighted by Gasteiger charge is 2.31. The van der Waals surface area contributed by atoms with Gasteiger partial charge in [0.05, 0.1) is 36.0 Å². The van der Waals surface area contributed by atoms with Gasteiger partial charge in [-0.1, -0.05) is 18.2 Å². The van der Waals surface area contributed by atoms with Crippen LogP contribution in [0.25, 0.3) is 11.0 Å². The number of hydrogen-bond acceptors (Lipinski definition) is 6. The molecule has 1 aromatic heterocycles. The fraction of sp³-hybridized carbons (Fsp3) is 0.524. The quantitative estimate of drug-likeness (QED) is 0.756. The summed E-state index contributed by atoms with van der Waals surface area (Å²) in [6, 6.07) is 8.09. The second-order valence-corrected chi connectivity index (χ2v) is 7.50. The Kier molecular flexibility index (Phi) is 5.27. The maximum Gasteiger partial charge on any atom is 0.172 e. The van der Waals surface area contributed by atoms with E-state index >= 15 is 0 Å². The molecular weight excluding hydrogens is 340 g/mol. The van der Waals surface area contributed by atoms with Crippen LogP contribution in [0.3, 0.4) is 0 Å². The van der Waals surface area contributed by atoms with E-state index in [9.17, 15) is 0 Å². The fourth-order valence-electron chi connectivity index (χ4n) is 4.02. The van der Waals surface area contributed by atoms with Gasteiger partial charge in [-0.15, -0.1) is 6.58 Å². The minimum Gasteiger partial charge on any atom is -0.372 e. The van der Waals surface area contributed by atoms with Gasteiger partial charge in [-0.3, -0.25) is 0 Å². The minimum atomic E-state index is 0.178.